The lowest BCUT2D eigenvalue weighted by atomic mass is 9.94. The number of hydrogen-bond donors (Lipinski definition) is 1. The molecule has 1 fully saturated rings. The molecule has 1 aliphatic rings. The molecule has 38 heavy (non-hydrogen) atoms. The van der Waals surface area contributed by atoms with E-state index in [1.165, 1.54) is 12.7 Å². The van der Waals surface area contributed by atoms with Gasteiger partial charge in [0.25, 0.3) is 5.91 Å². The lowest BCUT2D eigenvalue weighted by Crippen LogP contribution is -2.47. The summed E-state index contributed by atoms with van der Waals surface area (Å²) in [7, 11) is 1.36. The molecular formula is C31H38N4O3. The fraction of sp³-hybridized carbons (Fsp3) is 0.355. The second-order valence-corrected chi connectivity index (χ2v) is 9.54. The van der Waals surface area contributed by atoms with Gasteiger partial charge in [0.05, 0.1) is 13.2 Å². The van der Waals surface area contributed by atoms with Gasteiger partial charge in [-0.15, -0.1) is 0 Å². The first-order valence-electron chi connectivity index (χ1n) is 13.4. The summed E-state index contributed by atoms with van der Waals surface area (Å²) in [5.74, 6) is 0.0527. The smallest absolute Gasteiger partial charge is 0.411 e. The Bertz CT molecular complexity index is 1190. The maximum Gasteiger partial charge on any atom is 0.411 e. The summed E-state index contributed by atoms with van der Waals surface area (Å²) in [5, 5.41) is 2.79. The van der Waals surface area contributed by atoms with Crippen molar-refractivity contribution in [1.82, 2.24) is 14.7 Å². The number of carbonyl (C=O) groups excluding carboxylic acids is 2. The van der Waals surface area contributed by atoms with E-state index in [1.54, 1.807) is 0 Å². The number of rotatable bonds is 9. The van der Waals surface area contributed by atoms with Crippen LogP contribution < -0.4 is 5.32 Å². The van der Waals surface area contributed by atoms with Crippen LogP contribution in [0.5, 0.6) is 0 Å². The number of ether oxygens (including phenoxy) is 1. The van der Waals surface area contributed by atoms with Crippen molar-refractivity contribution in [3.8, 4) is 0 Å². The molecule has 7 nitrogen and oxygen atoms in total. The average Bonchev–Trinajstić information content (AvgIpc) is 2.96. The minimum Gasteiger partial charge on any atom is -0.453 e. The van der Waals surface area contributed by atoms with E-state index in [0.717, 1.165) is 43.9 Å². The van der Waals surface area contributed by atoms with Gasteiger partial charge >= 0.3 is 6.09 Å². The highest BCUT2D eigenvalue weighted by molar-refractivity contribution is 5.94. The van der Waals surface area contributed by atoms with E-state index < -0.39 is 6.09 Å². The molecular weight excluding hydrogens is 476 g/mol. The fourth-order valence-corrected chi connectivity index (χ4v) is 5.09. The second-order valence-electron chi connectivity index (χ2n) is 9.54. The van der Waals surface area contributed by atoms with E-state index in [-0.39, 0.29) is 11.9 Å². The van der Waals surface area contributed by atoms with Crippen molar-refractivity contribution in [3.05, 3.63) is 101 Å². The molecule has 1 aliphatic heterocycles. The highest BCUT2D eigenvalue weighted by Gasteiger charge is 2.27. The number of nitrogens with zero attached hydrogens (tertiary/aromatic N) is 3. The van der Waals surface area contributed by atoms with Gasteiger partial charge < -0.3 is 9.64 Å². The molecule has 4 rings (SSSR count). The van der Waals surface area contributed by atoms with Crippen LogP contribution in [-0.2, 0) is 11.3 Å². The van der Waals surface area contributed by atoms with Crippen LogP contribution in [0.15, 0.2) is 78.9 Å². The zero-order valence-corrected chi connectivity index (χ0v) is 22.6. The van der Waals surface area contributed by atoms with Gasteiger partial charge in [0.15, 0.2) is 0 Å². The molecule has 7 heteroatoms. The Morgan fingerprint density at radius 2 is 1.55 bits per heavy atom. The lowest BCUT2D eigenvalue weighted by molar-refractivity contribution is 0.0772. The van der Waals surface area contributed by atoms with Crippen molar-refractivity contribution < 1.29 is 14.3 Å². The van der Waals surface area contributed by atoms with E-state index in [9.17, 15) is 9.59 Å². The van der Waals surface area contributed by atoms with E-state index >= 15 is 0 Å². The van der Waals surface area contributed by atoms with Crippen molar-refractivity contribution in [2.24, 2.45) is 0 Å². The Morgan fingerprint density at radius 3 is 2.18 bits per heavy atom. The predicted octanol–water partition coefficient (Wildman–Crippen LogP) is 5.25. The maximum absolute atomic E-state index is 12.9. The zero-order valence-electron chi connectivity index (χ0n) is 22.6. The minimum absolute atomic E-state index is 0.00845. The Kier molecular flexibility index (Phi) is 9.51. The number of hydrogen-bond acceptors (Lipinski definition) is 5. The molecule has 3 aromatic carbocycles. The highest BCUT2D eigenvalue weighted by Crippen LogP contribution is 2.32. The van der Waals surface area contributed by atoms with Crippen molar-refractivity contribution in [3.63, 3.8) is 0 Å². The minimum atomic E-state index is -0.493. The first-order valence-corrected chi connectivity index (χ1v) is 13.4. The SMILES string of the molecule is CCN(CC)C(=O)c1ccc([C@@H](c2cccc(NC(=O)OC)c2)N2CCN(Cc3ccccc3)CC2)cc1. The summed E-state index contributed by atoms with van der Waals surface area (Å²) in [6, 6.07) is 26.5. The number of benzene rings is 3. The summed E-state index contributed by atoms with van der Waals surface area (Å²) < 4.78 is 4.79. The van der Waals surface area contributed by atoms with E-state index in [0.29, 0.717) is 24.3 Å². The summed E-state index contributed by atoms with van der Waals surface area (Å²) in [4.78, 5) is 31.5. The van der Waals surface area contributed by atoms with Gasteiger partial charge in [0, 0.05) is 57.1 Å². The van der Waals surface area contributed by atoms with Gasteiger partial charge in [-0.05, 0) is 54.8 Å². The van der Waals surface area contributed by atoms with Gasteiger partial charge in [0.1, 0.15) is 0 Å². The molecule has 0 unspecified atom stereocenters. The van der Waals surface area contributed by atoms with E-state index in [2.05, 4.69) is 63.6 Å². The third-order valence-corrected chi connectivity index (χ3v) is 7.18. The van der Waals surface area contributed by atoms with Gasteiger partial charge in [-0.3, -0.25) is 19.9 Å². The molecule has 200 valence electrons. The molecule has 1 saturated heterocycles. The topological polar surface area (TPSA) is 65.1 Å². The van der Waals surface area contributed by atoms with Gasteiger partial charge in [-0.2, -0.15) is 0 Å². The Balaban J connectivity index is 1.58. The average molecular weight is 515 g/mol. The molecule has 0 bridgehead atoms. The largest absolute Gasteiger partial charge is 0.453 e. The number of carbonyl (C=O) groups is 2. The Hall–Kier alpha value is -3.68. The summed E-state index contributed by atoms with van der Waals surface area (Å²) in [6.45, 7) is 10.1. The quantitative estimate of drug-likeness (QED) is 0.422. The number of nitrogens with one attached hydrogen (secondary N) is 1. The van der Waals surface area contributed by atoms with Gasteiger partial charge in [-0.25, -0.2) is 4.79 Å². The molecule has 0 saturated carbocycles. The van der Waals surface area contributed by atoms with Crippen molar-refractivity contribution >= 4 is 17.7 Å². The third-order valence-electron chi connectivity index (χ3n) is 7.18. The number of methoxy groups -OCH3 is 1. The summed E-state index contributed by atoms with van der Waals surface area (Å²) in [5.41, 5.74) is 4.92. The number of amides is 2. The van der Waals surface area contributed by atoms with Crippen LogP contribution in [0.2, 0.25) is 0 Å². The fourth-order valence-electron chi connectivity index (χ4n) is 5.09. The van der Waals surface area contributed by atoms with Crippen LogP contribution in [0, 0.1) is 0 Å². The maximum atomic E-state index is 12.9. The normalized spacial score (nSPS) is 15.0. The molecule has 3 aromatic rings. The van der Waals surface area contributed by atoms with Crippen molar-refractivity contribution in [1.29, 1.82) is 0 Å². The number of piperazine rings is 1. The lowest BCUT2D eigenvalue weighted by Gasteiger charge is -2.40. The Morgan fingerprint density at radius 1 is 0.868 bits per heavy atom. The predicted molar refractivity (Wildman–Crippen MR) is 151 cm³/mol. The molecule has 0 radical (unpaired) electrons. The molecule has 0 spiro atoms. The van der Waals surface area contributed by atoms with Crippen molar-refractivity contribution in [2.75, 3.05) is 51.7 Å². The third kappa shape index (κ3) is 6.79. The van der Waals surface area contributed by atoms with Crippen LogP contribution in [0.1, 0.15) is 46.9 Å². The zero-order chi connectivity index (χ0) is 26.9. The highest BCUT2D eigenvalue weighted by atomic mass is 16.5. The van der Waals surface area contributed by atoms with Crippen LogP contribution in [0.25, 0.3) is 0 Å². The number of anilines is 1. The van der Waals surface area contributed by atoms with Crippen LogP contribution >= 0.6 is 0 Å². The van der Waals surface area contributed by atoms with Gasteiger partial charge in [-0.1, -0.05) is 54.6 Å². The summed E-state index contributed by atoms with van der Waals surface area (Å²) >= 11 is 0. The second kappa shape index (κ2) is 13.2. The molecule has 0 aliphatic carbocycles. The van der Waals surface area contributed by atoms with Crippen molar-refractivity contribution in [2.45, 2.75) is 26.4 Å². The van der Waals surface area contributed by atoms with Crippen LogP contribution in [0.3, 0.4) is 0 Å². The Labute approximate surface area is 226 Å². The van der Waals surface area contributed by atoms with Gasteiger partial charge in [0.2, 0.25) is 0 Å². The molecule has 1 N–H and O–H groups in total. The first kappa shape index (κ1) is 27.4. The monoisotopic (exact) mass is 514 g/mol. The van der Waals surface area contributed by atoms with E-state index in [4.69, 9.17) is 4.74 Å². The first-order chi connectivity index (χ1) is 18.5. The molecule has 1 atom stereocenters. The molecule has 1 heterocycles. The van der Waals surface area contributed by atoms with Crippen LogP contribution in [-0.4, -0.2) is 73.1 Å². The standard InChI is InChI=1S/C31H38N4O3/c1-4-34(5-2)30(36)26-16-14-25(15-17-26)29(27-12-9-13-28(22-27)32-31(37)38-3)35-20-18-33(19-21-35)23-24-10-7-6-8-11-24/h6-17,22,29H,4-5,18-21,23H2,1-3H3,(H,32,37)/t29-/m0/s1. The molecule has 0 aromatic heterocycles. The summed E-state index contributed by atoms with van der Waals surface area (Å²) in [6.07, 6.45) is -0.493. The molecule has 2 amide bonds. The van der Waals surface area contributed by atoms with E-state index in [1.807, 2.05) is 49.1 Å². The van der Waals surface area contributed by atoms with Crippen LogP contribution in [0.4, 0.5) is 10.5 Å².